The third-order valence-corrected chi connectivity index (χ3v) is 5.03. The minimum Gasteiger partial charge on any atom is -0.497 e. The molecule has 1 heterocycles. The molecular weight excluding hydrogens is 362 g/mol. The van der Waals surface area contributed by atoms with Crippen molar-refractivity contribution in [1.29, 1.82) is 0 Å². The second-order valence-electron chi connectivity index (χ2n) is 5.79. The number of ether oxygens (including phenoxy) is 2. The topological polar surface area (TPSA) is 65.4 Å². The van der Waals surface area contributed by atoms with Crippen molar-refractivity contribution in [2.24, 2.45) is 7.05 Å². The lowest BCUT2D eigenvalue weighted by molar-refractivity contribution is -0.113. The van der Waals surface area contributed by atoms with Crippen molar-refractivity contribution in [1.82, 2.24) is 9.55 Å². The Hall–Kier alpha value is -2.93. The quantitative estimate of drug-likeness (QED) is 0.628. The van der Waals surface area contributed by atoms with Crippen molar-refractivity contribution in [3.63, 3.8) is 0 Å². The Morgan fingerprint density at radius 1 is 1.11 bits per heavy atom. The first-order valence-electron chi connectivity index (χ1n) is 8.33. The van der Waals surface area contributed by atoms with Crippen LogP contribution in [0, 0.1) is 0 Å². The lowest BCUT2D eigenvalue weighted by atomic mass is 10.2. The molecule has 6 nitrogen and oxygen atoms in total. The number of carbonyl (C=O) groups is 1. The fourth-order valence-corrected chi connectivity index (χ4v) is 3.36. The number of amides is 1. The van der Waals surface area contributed by atoms with E-state index < -0.39 is 0 Å². The number of imidazole rings is 1. The van der Waals surface area contributed by atoms with Crippen LogP contribution in [0.3, 0.4) is 0 Å². The van der Waals surface area contributed by atoms with Crippen molar-refractivity contribution >= 4 is 23.4 Å². The van der Waals surface area contributed by atoms with Gasteiger partial charge in [-0.3, -0.25) is 4.79 Å². The molecule has 0 spiro atoms. The first-order valence-corrected chi connectivity index (χ1v) is 9.32. The second-order valence-corrected chi connectivity index (χ2v) is 6.73. The number of nitrogens with one attached hydrogen (secondary N) is 1. The molecule has 0 aliphatic heterocycles. The van der Waals surface area contributed by atoms with E-state index in [0.29, 0.717) is 17.2 Å². The molecule has 0 atom stereocenters. The van der Waals surface area contributed by atoms with E-state index >= 15 is 0 Å². The maximum atomic E-state index is 12.3. The van der Waals surface area contributed by atoms with E-state index in [4.69, 9.17) is 9.47 Å². The molecule has 0 bridgehead atoms. The molecule has 0 fully saturated rings. The summed E-state index contributed by atoms with van der Waals surface area (Å²) in [6, 6.07) is 15.3. The molecule has 1 amide bonds. The standard InChI is InChI=1S/C20H21N3O3S/c1-23-18(14-7-5-4-6-8-14)12-21-20(23)27-13-19(24)22-15-9-16(25-2)11-17(10-15)26-3/h4-12H,13H2,1-3H3,(H,22,24). The van der Waals surface area contributed by atoms with Crippen molar-refractivity contribution in [3.05, 3.63) is 54.7 Å². The summed E-state index contributed by atoms with van der Waals surface area (Å²) < 4.78 is 12.4. The van der Waals surface area contributed by atoms with Gasteiger partial charge in [-0.2, -0.15) is 0 Å². The van der Waals surface area contributed by atoms with Gasteiger partial charge in [-0.1, -0.05) is 42.1 Å². The van der Waals surface area contributed by atoms with Crippen LogP contribution in [0.4, 0.5) is 5.69 Å². The normalized spacial score (nSPS) is 10.5. The Morgan fingerprint density at radius 2 is 1.78 bits per heavy atom. The number of hydrogen-bond donors (Lipinski definition) is 1. The zero-order valence-corrected chi connectivity index (χ0v) is 16.2. The van der Waals surface area contributed by atoms with Gasteiger partial charge in [0.1, 0.15) is 11.5 Å². The summed E-state index contributed by atoms with van der Waals surface area (Å²) >= 11 is 1.39. The summed E-state index contributed by atoms with van der Waals surface area (Å²) in [5.41, 5.74) is 2.73. The van der Waals surface area contributed by atoms with Crippen molar-refractivity contribution < 1.29 is 14.3 Å². The molecule has 0 saturated heterocycles. The Bertz CT molecular complexity index is 903. The Kier molecular flexibility index (Phi) is 6.03. The third kappa shape index (κ3) is 4.62. The Balaban J connectivity index is 1.64. The van der Waals surface area contributed by atoms with E-state index in [1.165, 1.54) is 11.8 Å². The molecule has 1 N–H and O–H groups in total. The number of anilines is 1. The molecule has 3 aromatic rings. The maximum absolute atomic E-state index is 12.3. The van der Waals surface area contributed by atoms with Crippen LogP contribution in [0.2, 0.25) is 0 Å². The van der Waals surface area contributed by atoms with Gasteiger partial charge in [-0.25, -0.2) is 4.98 Å². The van der Waals surface area contributed by atoms with Crippen LogP contribution in [0.15, 0.2) is 59.9 Å². The number of hydrogen-bond acceptors (Lipinski definition) is 5. The van der Waals surface area contributed by atoms with Crippen molar-refractivity contribution in [3.8, 4) is 22.8 Å². The summed E-state index contributed by atoms with van der Waals surface area (Å²) in [4.78, 5) is 16.8. The van der Waals surface area contributed by atoms with Gasteiger partial charge in [0.05, 0.1) is 31.9 Å². The van der Waals surface area contributed by atoms with Crippen LogP contribution in [-0.2, 0) is 11.8 Å². The Morgan fingerprint density at radius 3 is 2.41 bits per heavy atom. The van der Waals surface area contributed by atoms with E-state index in [9.17, 15) is 4.79 Å². The van der Waals surface area contributed by atoms with E-state index in [1.54, 1.807) is 32.4 Å². The van der Waals surface area contributed by atoms with E-state index in [1.807, 2.05) is 48.1 Å². The molecule has 140 valence electrons. The summed E-state index contributed by atoms with van der Waals surface area (Å²) in [5.74, 6) is 1.36. The molecule has 1 aromatic heterocycles. The predicted molar refractivity (Wildman–Crippen MR) is 108 cm³/mol. The minimum atomic E-state index is -0.125. The average Bonchev–Trinajstić information content (AvgIpc) is 3.07. The average molecular weight is 383 g/mol. The highest BCUT2D eigenvalue weighted by Gasteiger charge is 2.12. The molecule has 7 heteroatoms. The molecule has 0 unspecified atom stereocenters. The zero-order chi connectivity index (χ0) is 19.2. The van der Waals surface area contributed by atoms with Crippen LogP contribution < -0.4 is 14.8 Å². The van der Waals surface area contributed by atoms with Crippen LogP contribution >= 0.6 is 11.8 Å². The number of carbonyl (C=O) groups excluding carboxylic acids is 1. The molecule has 0 aliphatic carbocycles. The number of benzene rings is 2. The lowest BCUT2D eigenvalue weighted by Crippen LogP contribution is -2.14. The van der Waals surface area contributed by atoms with Gasteiger partial charge in [0.25, 0.3) is 0 Å². The third-order valence-electron chi connectivity index (χ3n) is 3.98. The van der Waals surface area contributed by atoms with Crippen molar-refractivity contribution in [2.75, 3.05) is 25.3 Å². The molecule has 0 radical (unpaired) electrons. The zero-order valence-electron chi connectivity index (χ0n) is 15.4. The van der Waals surface area contributed by atoms with Gasteiger partial charge < -0.3 is 19.4 Å². The van der Waals surface area contributed by atoms with Crippen LogP contribution in [0.25, 0.3) is 11.3 Å². The predicted octanol–water partition coefficient (Wildman–Crippen LogP) is 3.84. The second kappa shape index (κ2) is 8.64. The summed E-state index contributed by atoms with van der Waals surface area (Å²) in [6.45, 7) is 0. The molecule has 0 saturated carbocycles. The fourth-order valence-electron chi connectivity index (χ4n) is 2.61. The van der Waals surface area contributed by atoms with Gasteiger partial charge in [0.15, 0.2) is 5.16 Å². The highest BCUT2D eigenvalue weighted by molar-refractivity contribution is 7.99. The number of thioether (sulfide) groups is 1. The van der Waals surface area contributed by atoms with Crippen LogP contribution in [0.5, 0.6) is 11.5 Å². The SMILES string of the molecule is COc1cc(NC(=O)CSc2ncc(-c3ccccc3)n2C)cc(OC)c1. The number of methoxy groups -OCH3 is 2. The summed E-state index contributed by atoms with van der Waals surface area (Å²) in [5, 5.41) is 3.65. The first kappa shape index (κ1) is 18.8. The summed E-state index contributed by atoms with van der Waals surface area (Å²) in [6.07, 6.45) is 1.82. The van der Waals surface area contributed by atoms with Gasteiger partial charge in [-0.05, 0) is 5.56 Å². The molecule has 3 rings (SSSR count). The first-order chi connectivity index (χ1) is 13.1. The monoisotopic (exact) mass is 383 g/mol. The van der Waals surface area contributed by atoms with E-state index in [-0.39, 0.29) is 11.7 Å². The van der Waals surface area contributed by atoms with Crippen molar-refractivity contribution in [2.45, 2.75) is 5.16 Å². The van der Waals surface area contributed by atoms with E-state index in [0.717, 1.165) is 16.4 Å². The highest BCUT2D eigenvalue weighted by Crippen LogP contribution is 2.27. The number of rotatable bonds is 7. The van der Waals surface area contributed by atoms with Gasteiger partial charge >= 0.3 is 0 Å². The molecule has 2 aromatic carbocycles. The van der Waals surface area contributed by atoms with E-state index in [2.05, 4.69) is 10.3 Å². The molecular formula is C20H21N3O3S. The van der Waals surface area contributed by atoms with Crippen LogP contribution in [0.1, 0.15) is 0 Å². The lowest BCUT2D eigenvalue weighted by Gasteiger charge is -2.10. The highest BCUT2D eigenvalue weighted by atomic mass is 32.2. The Labute approximate surface area is 162 Å². The summed E-state index contributed by atoms with van der Waals surface area (Å²) in [7, 11) is 5.09. The van der Waals surface area contributed by atoms with Gasteiger partial charge in [0, 0.05) is 30.9 Å². The molecule has 0 aliphatic rings. The fraction of sp³-hybridized carbons (Fsp3) is 0.200. The molecule has 27 heavy (non-hydrogen) atoms. The smallest absolute Gasteiger partial charge is 0.234 e. The van der Waals surface area contributed by atoms with Gasteiger partial charge in [0.2, 0.25) is 5.91 Å². The van der Waals surface area contributed by atoms with Crippen LogP contribution in [-0.4, -0.2) is 35.4 Å². The number of nitrogens with zero attached hydrogens (tertiary/aromatic N) is 2. The van der Waals surface area contributed by atoms with Gasteiger partial charge in [-0.15, -0.1) is 0 Å². The number of aromatic nitrogens is 2. The maximum Gasteiger partial charge on any atom is 0.234 e. The largest absolute Gasteiger partial charge is 0.497 e. The minimum absolute atomic E-state index is 0.125.